The lowest BCUT2D eigenvalue weighted by molar-refractivity contribution is -0.172. The van der Waals surface area contributed by atoms with Crippen molar-refractivity contribution in [1.82, 2.24) is 0 Å². The van der Waals surface area contributed by atoms with Crippen molar-refractivity contribution < 1.29 is 89.8 Å². The second kappa shape index (κ2) is 33.4. The van der Waals surface area contributed by atoms with E-state index in [1.165, 1.54) is 6.08 Å². The van der Waals surface area contributed by atoms with Crippen molar-refractivity contribution in [2.45, 2.75) is 425 Å². The summed E-state index contributed by atoms with van der Waals surface area (Å²) in [4.78, 5) is 80.9. The number of halogens is 4. The first-order valence-corrected chi connectivity index (χ1v) is 41.7. The van der Waals surface area contributed by atoms with E-state index >= 15 is 0 Å². The van der Waals surface area contributed by atoms with Crippen LogP contribution in [-0.4, -0.2) is 120 Å². The third-order valence-corrected chi connectivity index (χ3v) is 24.6. The van der Waals surface area contributed by atoms with E-state index in [4.69, 9.17) is 33.5 Å². The molecule has 0 heterocycles. The number of alkyl halides is 4. The van der Waals surface area contributed by atoms with E-state index in [-0.39, 0.29) is 81.5 Å². The molecule has 0 radical (unpaired) electrons. The van der Waals surface area contributed by atoms with Crippen molar-refractivity contribution in [2.75, 3.05) is 6.61 Å². The van der Waals surface area contributed by atoms with Crippen LogP contribution in [0.25, 0.3) is 0 Å². The summed E-state index contributed by atoms with van der Waals surface area (Å²) in [7, 11) is 0. The summed E-state index contributed by atoms with van der Waals surface area (Å²) >= 11 is 0. The minimum Gasteiger partial charge on any atom is -0.460 e. The van der Waals surface area contributed by atoms with E-state index in [0.717, 1.165) is 141 Å². The van der Waals surface area contributed by atoms with E-state index in [1.54, 1.807) is 6.08 Å². The number of ketones is 1. The largest absolute Gasteiger partial charge is 0.460 e. The molecule has 0 aromatic rings. The Kier molecular flexibility index (Phi) is 28.2. The predicted molar refractivity (Wildman–Crippen MR) is 416 cm³/mol. The number of aliphatic hydroxyl groups is 2. The topological polar surface area (TPSA) is 215 Å². The fourth-order valence-corrected chi connectivity index (χ4v) is 22.3. The number of rotatable bonds is 20. The van der Waals surface area contributed by atoms with Gasteiger partial charge >= 0.3 is 35.8 Å². The van der Waals surface area contributed by atoms with Crippen molar-refractivity contribution >= 4 is 41.6 Å². The van der Waals surface area contributed by atoms with Crippen LogP contribution in [0.5, 0.6) is 0 Å². The second-order valence-corrected chi connectivity index (χ2v) is 44.0. The Morgan fingerprint density at radius 3 is 0.743 bits per heavy atom. The maximum absolute atomic E-state index is 14.1. The number of carbonyl (C=O) groups excluding carboxylic acids is 7. The molecule has 0 bridgehead atoms. The standard InChI is InChI=1S/2C16H27FO2.C15H25FO3.C15H23FO2.C15H24O3.C13H20O3/c2*1-5-6-16(17)10-15(11-16)8-12(9-15)7-13(18)19-14(2,3)4;1-13(2,3)19-12(18)6-11-7-14(8-11)9-15(16,10-14)4-5-17;1-5-15(16)9-14(10-15)7-11(8-14)6-12(17)18-13(2,3)4;1-5-15(17)9-14(10-15)7-11(8-14)6-12(16)18-13(2,3)4;1-12(2,3)16-11(15)4-9-5-13(6-9)7-10(14)8-13/h2*12H,5-11H2,1-4H3;11,17H,4-10H2,1-3H3;5,11H,1,6-10H2,2-4H3;5,11,17H,1,6-10H2,2-4H3;9H,4-8H2,1-3H3. The maximum atomic E-state index is 14.1. The number of ether oxygens (including phenoxy) is 6. The van der Waals surface area contributed by atoms with E-state index in [1.807, 2.05) is 138 Å². The molecule has 12 saturated carbocycles. The van der Waals surface area contributed by atoms with Crippen LogP contribution in [0.1, 0.15) is 363 Å². The molecule has 2 N–H and O–H groups in total. The van der Waals surface area contributed by atoms with Gasteiger partial charge in [-0.3, -0.25) is 33.6 Å². The minimum atomic E-state index is -1.15. The Bertz CT molecular complexity index is 2890. The average molecular weight is 1540 g/mol. The van der Waals surface area contributed by atoms with Gasteiger partial charge in [0.15, 0.2) is 0 Å². The minimum absolute atomic E-state index is 0.0755. The van der Waals surface area contributed by atoms with Gasteiger partial charge in [-0.2, -0.15) is 0 Å². The van der Waals surface area contributed by atoms with Gasteiger partial charge in [0.2, 0.25) is 0 Å². The first-order valence-electron chi connectivity index (χ1n) is 41.7. The maximum Gasteiger partial charge on any atom is 0.306 e. The van der Waals surface area contributed by atoms with Crippen LogP contribution in [0.3, 0.4) is 0 Å². The lowest BCUT2D eigenvalue weighted by Gasteiger charge is -2.60. The van der Waals surface area contributed by atoms with Gasteiger partial charge in [-0.25, -0.2) is 17.6 Å². The van der Waals surface area contributed by atoms with Crippen LogP contribution in [0, 0.1) is 68.0 Å². The summed E-state index contributed by atoms with van der Waals surface area (Å²) < 4.78 is 87.9. The lowest BCUT2D eigenvalue weighted by Crippen LogP contribution is -2.57. The molecule has 0 atom stereocenters. The molecule has 109 heavy (non-hydrogen) atoms. The molecule has 12 rings (SSSR count). The summed E-state index contributed by atoms with van der Waals surface area (Å²) in [6.45, 7) is 45.1. The number of carbonyl (C=O) groups is 7. The quantitative estimate of drug-likeness (QED) is 0.0502. The van der Waals surface area contributed by atoms with Gasteiger partial charge in [-0.15, -0.1) is 6.58 Å². The zero-order valence-corrected chi connectivity index (χ0v) is 71.2. The normalized spacial score (nSPS) is 36.0. The Hall–Kier alpha value is -4.39. The third-order valence-electron chi connectivity index (χ3n) is 24.6. The third kappa shape index (κ3) is 27.4. The highest BCUT2D eigenvalue weighted by molar-refractivity contribution is 5.86. The molecule has 624 valence electrons. The number of aliphatic hydroxyl groups excluding tert-OH is 1. The van der Waals surface area contributed by atoms with Crippen molar-refractivity contribution in [3.8, 4) is 0 Å². The van der Waals surface area contributed by atoms with Crippen molar-refractivity contribution in [3.05, 3.63) is 25.3 Å². The zero-order valence-electron chi connectivity index (χ0n) is 71.2. The fraction of sp³-hybridized carbons (Fsp3) is 0.878. The first kappa shape index (κ1) is 91.8. The average Bonchev–Trinajstić information content (AvgIpc) is 0.744. The van der Waals surface area contributed by atoms with Crippen molar-refractivity contribution in [2.24, 2.45) is 68.0 Å². The molecule has 12 aliphatic carbocycles. The molecule has 0 aliphatic heterocycles. The van der Waals surface area contributed by atoms with Gasteiger partial charge in [0.25, 0.3) is 0 Å². The van der Waals surface area contributed by atoms with Crippen LogP contribution in [-0.2, 0) is 62.0 Å². The summed E-state index contributed by atoms with van der Waals surface area (Å²) in [6.07, 6.45) is 29.9. The number of hydrogen-bond donors (Lipinski definition) is 2. The summed E-state index contributed by atoms with van der Waals surface area (Å²) in [5.74, 6) is 2.17. The van der Waals surface area contributed by atoms with Gasteiger partial charge in [-0.05, 0) is 347 Å². The van der Waals surface area contributed by atoms with Crippen LogP contribution >= 0.6 is 0 Å². The smallest absolute Gasteiger partial charge is 0.306 e. The highest BCUT2D eigenvalue weighted by Gasteiger charge is 2.64. The van der Waals surface area contributed by atoms with E-state index in [0.29, 0.717) is 124 Å². The van der Waals surface area contributed by atoms with Crippen molar-refractivity contribution in [3.63, 3.8) is 0 Å². The zero-order chi connectivity index (χ0) is 82.1. The highest BCUT2D eigenvalue weighted by atomic mass is 19.2. The number of Topliss-reactive ketones (excluding diaryl/α,β-unsaturated/α-hetero) is 1. The molecule has 0 amide bonds. The summed E-state index contributed by atoms with van der Waals surface area (Å²) in [5, 5.41) is 18.7. The monoisotopic (exact) mass is 1540 g/mol. The number of hydrogen-bond acceptors (Lipinski definition) is 15. The predicted octanol–water partition coefficient (Wildman–Crippen LogP) is 20.9. The molecule has 12 fully saturated rings. The van der Waals surface area contributed by atoms with Crippen LogP contribution in [0.4, 0.5) is 17.6 Å². The van der Waals surface area contributed by atoms with Gasteiger partial charge in [0.1, 0.15) is 62.1 Å². The molecule has 0 unspecified atom stereocenters. The highest BCUT2D eigenvalue weighted by Crippen LogP contribution is 2.70. The molecule has 12 aliphatic rings. The van der Waals surface area contributed by atoms with Crippen LogP contribution in [0.2, 0.25) is 0 Å². The van der Waals surface area contributed by atoms with Gasteiger partial charge in [0.05, 0.1) is 5.60 Å². The Labute approximate surface area is 653 Å². The first-order chi connectivity index (χ1) is 49.6. The lowest BCUT2D eigenvalue weighted by atomic mass is 9.46. The Morgan fingerprint density at radius 1 is 0.358 bits per heavy atom. The van der Waals surface area contributed by atoms with Gasteiger partial charge < -0.3 is 38.6 Å². The van der Waals surface area contributed by atoms with Crippen LogP contribution in [0.15, 0.2) is 25.3 Å². The molecule has 0 saturated heterocycles. The fourth-order valence-electron chi connectivity index (χ4n) is 22.3. The van der Waals surface area contributed by atoms with E-state index in [2.05, 4.69) is 13.2 Å². The molecule has 19 heteroatoms. The number of esters is 6. The molecular formula is C90H146F4O15. The van der Waals surface area contributed by atoms with E-state index < -0.39 is 56.3 Å². The van der Waals surface area contributed by atoms with Gasteiger partial charge in [-0.1, -0.05) is 45.4 Å². The van der Waals surface area contributed by atoms with Gasteiger partial charge in [0, 0.05) is 64.4 Å². The number of allylic oxidation sites excluding steroid dienone is 1. The summed E-state index contributed by atoms with van der Waals surface area (Å²) in [6, 6.07) is 0. The molecular weight excluding hydrogens is 1400 g/mol. The molecule has 15 nitrogen and oxygen atoms in total. The van der Waals surface area contributed by atoms with Crippen LogP contribution < -0.4 is 0 Å². The molecule has 0 aromatic carbocycles. The Morgan fingerprint density at radius 2 is 0.560 bits per heavy atom. The second-order valence-electron chi connectivity index (χ2n) is 44.0. The molecule has 0 aromatic heterocycles. The molecule has 6 spiro atoms. The van der Waals surface area contributed by atoms with E-state index in [9.17, 15) is 56.2 Å². The SMILES string of the molecule is C=CC1(F)CC2(CC(CC(=O)OC(C)(C)C)C2)C1.C=CC1(O)CC2(CC(CC(=O)OC(C)(C)C)C2)C1.CC(C)(C)OC(=O)CC1CC2(C1)CC(F)(CCO)C2.CC(C)(C)OC(=O)CC1CC2(CC(=O)C2)C1.CCCC1(F)CC2(CC(CC(=O)OC(C)(C)C)C2)C1.CCCC1(F)CC2(CC(CC(=O)OC(C)(C)C)C2)C1. The Balaban J connectivity index is 0.000000182. The summed E-state index contributed by atoms with van der Waals surface area (Å²) in [5.41, 5.74) is -5.80. The van der Waals surface area contributed by atoms with Crippen molar-refractivity contribution in [1.29, 1.82) is 0 Å².